The summed E-state index contributed by atoms with van der Waals surface area (Å²) < 4.78 is 0. The quantitative estimate of drug-likeness (QED) is 0.911. The summed E-state index contributed by atoms with van der Waals surface area (Å²) in [7, 11) is 1.95. The molecule has 1 N–H and O–H groups in total. The average molecular weight is 267 g/mol. The number of rotatable bonds is 3. The van der Waals surface area contributed by atoms with E-state index in [2.05, 4.69) is 5.32 Å². The van der Waals surface area contributed by atoms with Crippen LogP contribution in [0.15, 0.2) is 18.2 Å². The van der Waals surface area contributed by atoms with Crippen molar-refractivity contribution < 1.29 is 4.79 Å². The molecule has 1 aromatic rings. The van der Waals surface area contributed by atoms with E-state index < -0.39 is 0 Å². The van der Waals surface area contributed by atoms with Gasteiger partial charge in [0.05, 0.1) is 0 Å². The topological polar surface area (TPSA) is 32.3 Å². The highest BCUT2D eigenvalue weighted by Crippen LogP contribution is 2.21. The molecule has 0 saturated carbocycles. The fourth-order valence-electron chi connectivity index (χ4n) is 2.38. The third-order valence-corrected chi connectivity index (χ3v) is 3.89. The van der Waals surface area contributed by atoms with Crippen LogP contribution >= 0.6 is 11.6 Å². The van der Waals surface area contributed by atoms with Crippen LogP contribution in [-0.2, 0) is 0 Å². The first kappa shape index (κ1) is 13.4. The van der Waals surface area contributed by atoms with Gasteiger partial charge in [-0.3, -0.25) is 4.79 Å². The van der Waals surface area contributed by atoms with E-state index in [1.54, 1.807) is 6.07 Å². The monoisotopic (exact) mass is 266 g/mol. The maximum Gasteiger partial charge on any atom is 0.253 e. The van der Waals surface area contributed by atoms with Gasteiger partial charge in [0.1, 0.15) is 0 Å². The van der Waals surface area contributed by atoms with Gasteiger partial charge in [0, 0.05) is 23.7 Å². The number of halogens is 1. The predicted octanol–water partition coefficient (Wildman–Crippen LogP) is 2.33. The largest absolute Gasteiger partial charge is 0.338 e. The van der Waals surface area contributed by atoms with Crippen LogP contribution in [0.3, 0.4) is 0 Å². The maximum absolute atomic E-state index is 12.3. The molecule has 1 atom stereocenters. The summed E-state index contributed by atoms with van der Waals surface area (Å²) in [5.74, 6) is 0.662. The predicted molar refractivity (Wildman–Crippen MR) is 74.1 cm³/mol. The molecule has 2 rings (SSSR count). The third-order valence-electron chi connectivity index (χ3n) is 3.48. The number of carbonyl (C=O) groups excluding carboxylic acids is 1. The molecule has 1 fully saturated rings. The van der Waals surface area contributed by atoms with Crippen molar-refractivity contribution in [3.05, 3.63) is 34.3 Å². The second kappa shape index (κ2) is 5.72. The van der Waals surface area contributed by atoms with Gasteiger partial charge in [-0.05, 0) is 50.6 Å². The van der Waals surface area contributed by atoms with Crippen molar-refractivity contribution in [3.63, 3.8) is 0 Å². The minimum atomic E-state index is 0.0931. The van der Waals surface area contributed by atoms with Crippen LogP contribution in [0.1, 0.15) is 22.3 Å². The van der Waals surface area contributed by atoms with Crippen molar-refractivity contribution in [3.8, 4) is 0 Å². The zero-order valence-corrected chi connectivity index (χ0v) is 11.6. The van der Waals surface area contributed by atoms with E-state index >= 15 is 0 Å². The Hall–Kier alpha value is -1.06. The second-order valence-electron chi connectivity index (χ2n) is 4.93. The number of aryl methyl sites for hydroxylation is 1. The summed E-state index contributed by atoms with van der Waals surface area (Å²) in [6, 6.07) is 5.52. The molecule has 1 aliphatic rings. The van der Waals surface area contributed by atoms with Gasteiger partial charge in [-0.1, -0.05) is 17.7 Å². The summed E-state index contributed by atoms with van der Waals surface area (Å²) in [5.41, 5.74) is 1.69. The first-order valence-corrected chi connectivity index (χ1v) is 6.69. The first-order chi connectivity index (χ1) is 8.61. The lowest BCUT2D eigenvalue weighted by molar-refractivity contribution is 0.0787. The van der Waals surface area contributed by atoms with Crippen LogP contribution < -0.4 is 5.32 Å². The smallest absolute Gasteiger partial charge is 0.253 e. The molecular formula is C14H19ClN2O. The number of nitrogens with zero attached hydrogens (tertiary/aromatic N) is 1. The van der Waals surface area contributed by atoms with Crippen LogP contribution in [0.2, 0.25) is 5.02 Å². The van der Waals surface area contributed by atoms with Gasteiger partial charge in [-0.25, -0.2) is 0 Å². The summed E-state index contributed by atoms with van der Waals surface area (Å²) in [4.78, 5) is 14.2. The van der Waals surface area contributed by atoms with Gasteiger partial charge >= 0.3 is 0 Å². The summed E-state index contributed by atoms with van der Waals surface area (Å²) in [6.45, 7) is 4.59. The molecule has 1 saturated heterocycles. The van der Waals surface area contributed by atoms with Crippen LogP contribution in [0.5, 0.6) is 0 Å². The van der Waals surface area contributed by atoms with E-state index in [-0.39, 0.29) is 5.91 Å². The van der Waals surface area contributed by atoms with Crippen molar-refractivity contribution >= 4 is 17.5 Å². The van der Waals surface area contributed by atoms with E-state index in [1.807, 2.05) is 31.0 Å². The Kier molecular flexibility index (Phi) is 4.25. The van der Waals surface area contributed by atoms with Crippen LogP contribution in [0.4, 0.5) is 0 Å². The van der Waals surface area contributed by atoms with E-state index in [1.165, 1.54) is 0 Å². The Balaban J connectivity index is 2.05. The number of hydrogen-bond acceptors (Lipinski definition) is 2. The number of likely N-dealkylation sites (tertiary alicyclic amines) is 1. The molecule has 0 spiro atoms. The van der Waals surface area contributed by atoms with Gasteiger partial charge in [-0.15, -0.1) is 0 Å². The summed E-state index contributed by atoms with van der Waals surface area (Å²) >= 11 is 6.06. The molecule has 0 radical (unpaired) electrons. The molecule has 1 aliphatic heterocycles. The lowest BCUT2D eigenvalue weighted by atomic mass is 10.1. The molecule has 0 aliphatic carbocycles. The normalized spacial score (nSPS) is 19.3. The minimum Gasteiger partial charge on any atom is -0.338 e. The molecule has 4 heteroatoms. The number of hydrogen-bond donors (Lipinski definition) is 1. The lowest BCUT2D eigenvalue weighted by Gasteiger charge is -2.17. The van der Waals surface area contributed by atoms with Crippen molar-refractivity contribution in [1.82, 2.24) is 10.2 Å². The van der Waals surface area contributed by atoms with Crippen LogP contribution in [0.25, 0.3) is 0 Å². The molecule has 98 valence electrons. The Labute approximate surface area is 113 Å². The van der Waals surface area contributed by atoms with Crippen LogP contribution in [-0.4, -0.2) is 37.5 Å². The van der Waals surface area contributed by atoms with Crippen molar-refractivity contribution in [2.75, 3.05) is 26.7 Å². The molecule has 18 heavy (non-hydrogen) atoms. The highest BCUT2D eigenvalue weighted by Gasteiger charge is 2.26. The molecule has 0 bridgehead atoms. The van der Waals surface area contributed by atoms with Gasteiger partial charge in [0.15, 0.2) is 0 Å². The summed E-state index contributed by atoms with van der Waals surface area (Å²) in [6.07, 6.45) is 1.08. The fraction of sp³-hybridized carbons (Fsp3) is 0.500. The Bertz CT molecular complexity index is 447. The zero-order chi connectivity index (χ0) is 13.1. The number of nitrogens with one attached hydrogen (secondary N) is 1. The summed E-state index contributed by atoms with van der Waals surface area (Å²) in [5, 5.41) is 3.83. The lowest BCUT2D eigenvalue weighted by Crippen LogP contribution is -2.30. The van der Waals surface area contributed by atoms with E-state index in [9.17, 15) is 4.79 Å². The van der Waals surface area contributed by atoms with E-state index in [4.69, 9.17) is 11.6 Å². The van der Waals surface area contributed by atoms with E-state index in [0.717, 1.165) is 31.6 Å². The fourth-order valence-corrected chi connectivity index (χ4v) is 2.56. The van der Waals surface area contributed by atoms with Gasteiger partial charge in [0.2, 0.25) is 0 Å². The molecule has 0 unspecified atom stereocenters. The van der Waals surface area contributed by atoms with Crippen molar-refractivity contribution in [2.45, 2.75) is 13.3 Å². The zero-order valence-electron chi connectivity index (χ0n) is 10.9. The Morgan fingerprint density at radius 1 is 1.56 bits per heavy atom. The van der Waals surface area contributed by atoms with Gasteiger partial charge < -0.3 is 10.2 Å². The maximum atomic E-state index is 12.3. The first-order valence-electron chi connectivity index (χ1n) is 6.32. The van der Waals surface area contributed by atoms with E-state index in [0.29, 0.717) is 16.5 Å². The molecular weight excluding hydrogens is 248 g/mol. The van der Waals surface area contributed by atoms with Gasteiger partial charge in [-0.2, -0.15) is 0 Å². The Morgan fingerprint density at radius 2 is 2.33 bits per heavy atom. The molecule has 1 heterocycles. The molecule has 1 amide bonds. The average Bonchev–Trinajstić information content (AvgIpc) is 2.81. The van der Waals surface area contributed by atoms with Crippen molar-refractivity contribution in [1.29, 1.82) is 0 Å². The second-order valence-corrected chi connectivity index (χ2v) is 5.33. The SMILES string of the molecule is CNC[C@@H]1CCN(C(=O)c2ccc(C)c(Cl)c2)C1. The van der Waals surface area contributed by atoms with Crippen LogP contribution in [0, 0.1) is 12.8 Å². The molecule has 3 nitrogen and oxygen atoms in total. The minimum absolute atomic E-state index is 0.0931. The highest BCUT2D eigenvalue weighted by molar-refractivity contribution is 6.31. The Morgan fingerprint density at radius 3 is 3.00 bits per heavy atom. The number of carbonyl (C=O) groups is 1. The number of benzene rings is 1. The standard InChI is InChI=1S/C14H19ClN2O/c1-10-3-4-12(7-13(10)15)14(18)17-6-5-11(9-17)8-16-2/h3-4,7,11,16H,5-6,8-9H2,1-2H3/t11-/m0/s1. The number of amides is 1. The third kappa shape index (κ3) is 2.85. The molecule has 0 aromatic heterocycles. The molecule has 1 aromatic carbocycles. The van der Waals surface area contributed by atoms with Crippen molar-refractivity contribution in [2.24, 2.45) is 5.92 Å². The van der Waals surface area contributed by atoms with Gasteiger partial charge in [0.25, 0.3) is 5.91 Å². The highest BCUT2D eigenvalue weighted by atomic mass is 35.5.